The normalized spacial score (nSPS) is 11.8. The Balaban J connectivity index is 1.93. The average molecular weight is 259 g/mol. The van der Waals surface area contributed by atoms with E-state index < -0.39 is 4.92 Å². The van der Waals surface area contributed by atoms with E-state index in [1.807, 2.05) is 37.3 Å². The van der Waals surface area contributed by atoms with Crippen molar-refractivity contribution in [2.24, 2.45) is 0 Å². The summed E-state index contributed by atoms with van der Waals surface area (Å²) in [5.41, 5.74) is 1.01. The SMILES string of the molecule is CC(OOc1ccc([N+](=O)[O-])cc1)c1ccccc1. The molecule has 5 nitrogen and oxygen atoms in total. The zero-order valence-electron chi connectivity index (χ0n) is 10.4. The molecule has 19 heavy (non-hydrogen) atoms. The Hall–Kier alpha value is -2.40. The number of hydrogen-bond acceptors (Lipinski definition) is 4. The van der Waals surface area contributed by atoms with Gasteiger partial charge in [0.05, 0.1) is 4.92 Å². The van der Waals surface area contributed by atoms with Crippen LogP contribution in [0.1, 0.15) is 18.6 Å². The van der Waals surface area contributed by atoms with Gasteiger partial charge in [-0.25, -0.2) is 0 Å². The Morgan fingerprint density at radius 3 is 2.26 bits per heavy atom. The van der Waals surface area contributed by atoms with Gasteiger partial charge >= 0.3 is 0 Å². The highest BCUT2D eigenvalue weighted by molar-refractivity contribution is 5.35. The summed E-state index contributed by atoms with van der Waals surface area (Å²) in [6, 6.07) is 15.4. The van der Waals surface area contributed by atoms with E-state index in [2.05, 4.69) is 0 Å². The fourth-order valence-electron chi connectivity index (χ4n) is 1.53. The number of nitro benzene ring substituents is 1. The van der Waals surface area contributed by atoms with Crippen LogP contribution in [0.5, 0.6) is 5.75 Å². The largest absolute Gasteiger partial charge is 0.337 e. The smallest absolute Gasteiger partial charge is 0.269 e. The van der Waals surface area contributed by atoms with Crippen LogP contribution in [-0.2, 0) is 4.89 Å². The summed E-state index contributed by atoms with van der Waals surface area (Å²) in [7, 11) is 0. The molecule has 0 N–H and O–H groups in total. The number of nitrogens with zero attached hydrogens (tertiary/aromatic N) is 1. The van der Waals surface area contributed by atoms with Crippen LogP contribution in [0.2, 0.25) is 0 Å². The second-order valence-electron chi connectivity index (χ2n) is 3.98. The highest BCUT2D eigenvalue weighted by atomic mass is 17.2. The van der Waals surface area contributed by atoms with Gasteiger partial charge in [0.2, 0.25) is 0 Å². The van der Waals surface area contributed by atoms with Gasteiger partial charge in [-0.1, -0.05) is 30.3 Å². The Labute approximate surface area is 110 Å². The molecule has 0 heterocycles. The first kappa shape index (κ1) is 13.0. The van der Waals surface area contributed by atoms with Crippen LogP contribution in [0.3, 0.4) is 0 Å². The topological polar surface area (TPSA) is 61.6 Å². The quantitative estimate of drug-likeness (QED) is 0.467. The molecular formula is C14H13NO4. The van der Waals surface area contributed by atoms with Crippen LogP contribution in [0.25, 0.3) is 0 Å². The minimum Gasteiger partial charge on any atom is -0.337 e. The molecule has 2 aromatic carbocycles. The lowest BCUT2D eigenvalue weighted by molar-refractivity contribution is -0.384. The van der Waals surface area contributed by atoms with Gasteiger partial charge in [0, 0.05) is 12.1 Å². The van der Waals surface area contributed by atoms with Crippen molar-refractivity contribution in [1.29, 1.82) is 0 Å². The molecule has 0 spiro atoms. The predicted octanol–water partition coefficient (Wildman–Crippen LogP) is 3.67. The minimum atomic E-state index is -0.461. The van der Waals surface area contributed by atoms with E-state index in [0.717, 1.165) is 5.56 Å². The first-order valence-corrected chi connectivity index (χ1v) is 5.79. The molecule has 1 atom stereocenters. The van der Waals surface area contributed by atoms with Crippen molar-refractivity contribution in [1.82, 2.24) is 0 Å². The summed E-state index contributed by atoms with van der Waals surface area (Å²) in [4.78, 5) is 20.4. The first-order valence-electron chi connectivity index (χ1n) is 5.79. The molecule has 0 amide bonds. The van der Waals surface area contributed by atoms with Crippen LogP contribution in [0.15, 0.2) is 54.6 Å². The molecule has 1 unspecified atom stereocenters. The molecule has 0 aliphatic heterocycles. The van der Waals surface area contributed by atoms with Crippen molar-refractivity contribution < 1.29 is 14.7 Å². The molecule has 0 aliphatic rings. The van der Waals surface area contributed by atoms with Gasteiger partial charge in [-0.15, -0.1) is 0 Å². The summed E-state index contributed by atoms with van der Waals surface area (Å²) >= 11 is 0. The Morgan fingerprint density at radius 1 is 1.05 bits per heavy atom. The third-order valence-electron chi connectivity index (χ3n) is 2.61. The molecule has 0 saturated carbocycles. The lowest BCUT2D eigenvalue weighted by Gasteiger charge is -2.12. The third kappa shape index (κ3) is 3.53. The minimum absolute atomic E-state index is 0.0171. The van der Waals surface area contributed by atoms with Gasteiger partial charge in [-0.3, -0.25) is 10.1 Å². The van der Waals surface area contributed by atoms with Crippen LogP contribution < -0.4 is 4.89 Å². The number of non-ortho nitro benzene ring substituents is 1. The lowest BCUT2D eigenvalue weighted by atomic mass is 10.1. The molecule has 0 aliphatic carbocycles. The zero-order valence-corrected chi connectivity index (χ0v) is 10.4. The molecular weight excluding hydrogens is 246 g/mol. The fourth-order valence-corrected chi connectivity index (χ4v) is 1.53. The average Bonchev–Trinajstić information content (AvgIpc) is 2.46. The predicted molar refractivity (Wildman–Crippen MR) is 69.7 cm³/mol. The summed E-state index contributed by atoms with van der Waals surface area (Å²) < 4.78 is 0. The van der Waals surface area contributed by atoms with Crippen LogP contribution in [-0.4, -0.2) is 4.92 Å². The standard InChI is InChI=1S/C14H13NO4/c1-11(12-5-3-2-4-6-12)18-19-14-9-7-13(8-10-14)15(16)17/h2-11H,1H3. The third-order valence-corrected chi connectivity index (χ3v) is 2.61. The highest BCUT2D eigenvalue weighted by Crippen LogP contribution is 2.21. The Bertz CT molecular complexity index is 539. The summed E-state index contributed by atoms with van der Waals surface area (Å²) in [6.45, 7) is 1.86. The monoisotopic (exact) mass is 259 g/mol. The number of hydrogen-bond donors (Lipinski definition) is 0. The van der Waals surface area contributed by atoms with Crippen molar-refractivity contribution in [3.05, 3.63) is 70.3 Å². The maximum atomic E-state index is 10.5. The van der Waals surface area contributed by atoms with E-state index in [1.54, 1.807) is 0 Å². The molecule has 5 heteroatoms. The van der Waals surface area contributed by atoms with Crippen LogP contribution >= 0.6 is 0 Å². The molecule has 0 fully saturated rings. The summed E-state index contributed by atoms with van der Waals surface area (Å²) in [6.07, 6.45) is -0.226. The molecule has 0 aromatic heterocycles. The zero-order chi connectivity index (χ0) is 13.7. The van der Waals surface area contributed by atoms with Gasteiger partial charge < -0.3 is 4.89 Å². The number of rotatable bonds is 5. The van der Waals surface area contributed by atoms with Gasteiger partial charge in [0.15, 0.2) is 5.75 Å². The van der Waals surface area contributed by atoms with E-state index in [0.29, 0.717) is 5.75 Å². The van der Waals surface area contributed by atoms with Gasteiger partial charge in [-0.05, 0) is 24.6 Å². The maximum Gasteiger partial charge on any atom is 0.269 e. The fraction of sp³-hybridized carbons (Fsp3) is 0.143. The highest BCUT2D eigenvalue weighted by Gasteiger charge is 2.08. The Kier molecular flexibility index (Phi) is 4.10. The Morgan fingerprint density at radius 2 is 1.68 bits per heavy atom. The maximum absolute atomic E-state index is 10.5. The second kappa shape index (κ2) is 5.97. The molecule has 0 bridgehead atoms. The van der Waals surface area contributed by atoms with E-state index in [-0.39, 0.29) is 11.8 Å². The first-order chi connectivity index (χ1) is 9.16. The van der Waals surface area contributed by atoms with E-state index >= 15 is 0 Å². The number of nitro groups is 1. The van der Waals surface area contributed by atoms with Crippen LogP contribution in [0.4, 0.5) is 5.69 Å². The van der Waals surface area contributed by atoms with Crippen molar-refractivity contribution in [2.45, 2.75) is 13.0 Å². The second-order valence-corrected chi connectivity index (χ2v) is 3.98. The molecule has 98 valence electrons. The van der Waals surface area contributed by atoms with E-state index in [9.17, 15) is 10.1 Å². The van der Waals surface area contributed by atoms with Crippen LogP contribution in [0, 0.1) is 10.1 Å². The molecule has 2 rings (SSSR count). The molecule has 2 aromatic rings. The lowest BCUT2D eigenvalue weighted by Crippen LogP contribution is -2.03. The van der Waals surface area contributed by atoms with Crippen molar-refractivity contribution in [3.8, 4) is 5.75 Å². The summed E-state index contributed by atoms with van der Waals surface area (Å²) in [5, 5.41) is 10.5. The van der Waals surface area contributed by atoms with E-state index in [4.69, 9.17) is 9.78 Å². The molecule has 0 radical (unpaired) electrons. The summed E-state index contributed by atoms with van der Waals surface area (Å²) in [5.74, 6) is 0.424. The van der Waals surface area contributed by atoms with Crippen molar-refractivity contribution >= 4 is 5.69 Å². The number of benzene rings is 2. The van der Waals surface area contributed by atoms with E-state index in [1.165, 1.54) is 24.3 Å². The van der Waals surface area contributed by atoms with Gasteiger partial charge in [0.25, 0.3) is 5.69 Å². The van der Waals surface area contributed by atoms with Crippen molar-refractivity contribution in [2.75, 3.05) is 0 Å². The van der Waals surface area contributed by atoms with Crippen molar-refractivity contribution in [3.63, 3.8) is 0 Å². The van der Waals surface area contributed by atoms with Gasteiger partial charge in [0.1, 0.15) is 6.10 Å². The van der Waals surface area contributed by atoms with Gasteiger partial charge in [-0.2, -0.15) is 4.89 Å². The molecule has 0 saturated heterocycles.